The normalized spacial score (nSPS) is 25.1. The van der Waals surface area contributed by atoms with Gasteiger partial charge in [-0.1, -0.05) is 13.8 Å². The molecule has 5 nitrogen and oxygen atoms in total. The summed E-state index contributed by atoms with van der Waals surface area (Å²) in [5.74, 6) is 0.831. The van der Waals surface area contributed by atoms with E-state index in [0.29, 0.717) is 25.0 Å². The van der Waals surface area contributed by atoms with Crippen LogP contribution in [0.15, 0.2) is 12.5 Å². The van der Waals surface area contributed by atoms with Gasteiger partial charge in [0.15, 0.2) is 0 Å². The molecule has 1 aromatic heterocycles. The SMILES string of the molecule is COC1(Cn2cncc2C(CN)C(C)C)CCOC1. The molecule has 2 unspecified atom stereocenters. The molecule has 5 heteroatoms. The van der Waals surface area contributed by atoms with Gasteiger partial charge in [0.05, 0.1) is 19.5 Å². The van der Waals surface area contributed by atoms with E-state index in [1.807, 2.05) is 12.5 Å². The van der Waals surface area contributed by atoms with E-state index in [9.17, 15) is 0 Å². The Morgan fingerprint density at radius 1 is 1.58 bits per heavy atom. The number of imidazole rings is 1. The van der Waals surface area contributed by atoms with E-state index in [4.69, 9.17) is 15.2 Å². The summed E-state index contributed by atoms with van der Waals surface area (Å²) in [5.41, 5.74) is 6.89. The molecule has 0 aromatic carbocycles. The molecule has 1 aliphatic heterocycles. The largest absolute Gasteiger partial charge is 0.378 e. The molecule has 0 bridgehead atoms. The van der Waals surface area contributed by atoms with Gasteiger partial charge < -0.3 is 19.8 Å². The Kier molecular flexibility index (Phi) is 4.60. The van der Waals surface area contributed by atoms with E-state index in [0.717, 1.165) is 19.6 Å². The number of ether oxygens (including phenoxy) is 2. The summed E-state index contributed by atoms with van der Waals surface area (Å²) in [6.45, 7) is 7.22. The molecule has 1 aromatic rings. The van der Waals surface area contributed by atoms with Crippen molar-refractivity contribution in [1.82, 2.24) is 9.55 Å². The summed E-state index contributed by atoms with van der Waals surface area (Å²) in [6, 6.07) is 0. The van der Waals surface area contributed by atoms with Crippen LogP contribution in [-0.2, 0) is 16.0 Å². The van der Waals surface area contributed by atoms with E-state index in [1.165, 1.54) is 5.69 Å². The first-order chi connectivity index (χ1) is 9.12. The molecule has 0 aliphatic carbocycles. The van der Waals surface area contributed by atoms with E-state index in [1.54, 1.807) is 7.11 Å². The zero-order chi connectivity index (χ0) is 13.9. The first-order valence-corrected chi connectivity index (χ1v) is 6.95. The predicted octanol–water partition coefficient (Wildman–Crippen LogP) is 1.39. The topological polar surface area (TPSA) is 62.3 Å². The van der Waals surface area contributed by atoms with Crippen LogP contribution in [0.4, 0.5) is 0 Å². The fourth-order valence-electron chi connectivity index (χ4n) is 2.76. The summed E-state index contributed by atoms with van der Waals surface area (Å²) in [4.78, 5) is 4.29. The van der Waals surface area contributed by atoms with Crippen LogP contribution in [-0.4, -0.2) is 42.0 Å². The Labute approximate surface area is 115 Å². The number of aromatic nitrogens is 2. The van der Waals surface area contributed by atoms with Gasteiger partial charge in [-0.3, -0.25) is 0 Å². The first-order valence-electron chi connectivity index (χ1n) is 6.95. The van der Waals surface area contributed by atoms with Gasteiger partial charge in [0.25, 0.3) is 0 Å². The van der Waals surface area contributed by atoms with Gasteiger partial charge in [0, 0.05) is 44.5 Å². The number of hydrogen-bond donors (Lipinski definition) is 1. The van der Waals surface area contributed by atoms with Crippen LogP contribution in [0, 0.1) is 5.92 Å². The van der Waals surface area contributed by atoms with Crippen molar-refractivity contribution in [3.05, 3.63) is 18.2 Å². The van der Waals surface area contributed by atoms with Crippen LogP contribution in [0.1, 0.15) is 31.9 Å². The molecular formula is C14H25N3O2. The summed E-state index contributed by atoms with van der Waals surface area (Å²) >= 11 is 0. The highest BCUT2D eigenvalue weighted by atomic mass is 16.5. The third-order valence-corrected chi connectivity index (χ3v) is 4.14. The molecule has 108 valence electrons. The lowest BCUT2D eigenvalue weighted by molar-refractivity contribution is -0.0302. The van der Waals surface area contributed by atoms with E-state index < -0.39 is 0 Å². The Bertz CT molecular complexity index is 397. The second-order valence-corrected chi connectivity index (χ2v) is 5.72. The predicted molar refractivity (Wildman–Crippen MR) is 74.0 cm³/mol. The van der Waals surface area contributed by atoms with Gasteiger partial charge in [-0.2, -0.15) is 0 Å². The van der Waals surface area contributed by atoms with Crippen LogP contribution in [0.3, 0.4) is 0 Å². The molecule has 1 aliphatic rings. The van der Waals surface area contributed by atoms with Crippen molar-refractivity contribution in [2.75, 3.05) is 26.9 Å². The fraction of sp³-hybridized carbons (Fsp3) is 0.786. The lowest BCUT2D eigenvalue weighted by atomic mass is 9.92. The molecule has 0 radical (unpaired) electrons. The molecule has 1 fully saturated rings. The van der Waals surface area contributed by atoms with Gasteiger partial charge in [-0.05, 0) is 5.92 Å². The standard InChI is InChI=1S/C14H25N3O2/c1-11(2)12(6-15)13-7-16-10-17(13)8-14(18-3)4-5-19-9-14/h7,10-12H,4-6,8-9,15H2,1-3H3. The van der Waals surface area contributed by atoms with Crippen LogP contribution in [0.2, 0.25) is 0 Å². The Morgan fingerprint density at radius 3 is 2.89 bits per heavy atom. The van der Waals surface area contributed by atoms with Gasteiger partial charge >= 0.3 is 0 Å². The minimum absolute atomic E-state index is 0.217. The Balaban J connectivity index is 2.19. The zero-order valence-corrected chi connectivity index (χ0v) is 12.1. The van der Waals surface area contributed by atoms with E-state index >= 15 is 0 Å². The van der Waals surface area contributed by atoms with Gasteiger partial charge in [-0.25, -0.2) is 4.98 Å². The van der Waals surface area contributed by atoms with Crippen molar-refractivity contribution < 1.29 is 9.47 Å². The molecular weight excluding hydrogens is 242 g/mol. The molecule has 2 atom stereocenters. The molecule has 0 saturated carbocycles. The van der Waals surface area contributed by atoms with Crippen molar-refractivity contribution in [2.24, 2.45) is 11.7 Å². The quantitative estimate of drug-likeness (QED) is 0.846. The van der Waals surface area contributed by atoms with Gasteiger partial charge in [0.2, 0.25) is 0 Å². The average molecular weight is 267 g/mol. The smallest absolute Gasteiger partial charge is 0.111 e. The minimum atomic E-state index is -0.217. The van der Waals surface area contributed by atoms with Crippen LogP contribution < -0.4 is 5.73 Å². The van der Waals surface area contributed by atoms with Crippen LogP contribution in [0.5, 0.6) is 0 Å². The maximum Gasteiger partial charge on any atom is 0.111 e. The van der Waals surface area contributed by atoms with Crippen molar-refractivity contribution in [1.29, 1.82) is 0 Å². The summed E-state index contributed by atoms with van der Waals surface area (Å²) in [5, 5.41) is 0. The third-order valence-electron chi connectivity index (χ3n) is 4.14. The maximum absolute atomic E-state index is 5.91. The van der Waals surface area contributed by atoms with Crippen LogP contribution in [0.25, 0.3) is 0 Å². The zero-order valence-electron chi connectivity index (χ0n) is 12.1. The van der Waals surface area contributed by atoms with Crippen molar-refractivity contribution in [3.63, 3.8) is 0 Å². The van der Waals surface area contributed by atoms with Crippen molar-refractivity contribution >= 4 is 0 Å². The highest BCUT2D eigenvalue weighted by Gasteiger charge is 2.36. The Hall–Kier alpha value is -0.910. The fourth-order valence-corrected chi connectivity index (χ4v) is 2.76. The third kappa shape index (κ3) is 2.99. The highest BCUT2D eigenvalue weighted by Crippen LogP contribution is 2.28. The number of methoxy groups -OCH3 is 1. The number of rotatable bonds is 6. The molecule has 2 heterocycles. The molecule has 19 heavy (non-hydrogen) atoms. The minimum Gasteiger partial charge on any atom is -0.378 e. The van der Waals surface area contributed by atoms with Gasteiger partial charge in [0.1, 0.15) is 5.60 Å². The molecule has 2 N–H and O–H groups in total. The van der Waals surface area contributed by atoms with E-state index in [2.05, 4.69) is 23.4 Å². The number of nitrogens with zero attached hydrogens (tertiary/aromatic N) is 2. The Morgan fingerprint density at radius 2 is 2.37 bits per heavy atom. The summed E-state index contributed by atoms with van der Waals surface area (Å²) in [7, 11) is 1.76. The monoisotopic (exact) mass is 267 g/mol. The number of nitrogens with two attached hydrogens (primary N) is 1. The first kappa shape index (κ1) is 14.5. The molecule has 2 rings (SSSR count). The lowest BCUT2D eigenvalue weighted by Crippen LogP contribution is -2.38. The van der Waals surface area contributed by atoms with Gasteiger partial charge in [-0.15, -0.1) is 0 Å². The average Bonchev–Trinajstić information content (AvgIpc) is 3.01. The highest BCUT2D eigenvalue weighted by molar-refractivity contribution is 5.09. The number of hydrogen-bond acceptors (Lipinski definition) is 4. The molecule has 0 amide bonds. The van der Waals surface area contributed by atoms with Crippen molar-refractivity contribution in [3.8, 4) is 0 Å². The molecule has 1 saturated heterocycles. The second kappa shape index (κ2) is 6.03. The second-order valence-electron chi connectivity index (χ2n) is 5.72. The van der Waals surface area contributed by atoms with Crippen LogP contribution >= 0.6 is 0 Å². The lowest BCUT2D eigenvalue weighted by Gasteiger charge is -2.29. The summed E-state index contributed by atoms with van der Waals surface area (Å²) < 4.78 is 13.4. The van der Waals surface area contributed by atoms with Crippen molar-refractivity contribution in [2.45, 2.75) is 38.3 Å². The van der Waals surface area contributed by atoms with E-state index in [-0.39, 0.29) is 5.60 Å². The summed E-state index contributed by atoms with van der Waals surface area (Å²) in [6.07, 6.45) is 4.73. The molecule has 0 spiro atoms. The maximum atomic E-state index is 5.91.